The molecular weight excluding hydrogens is 314 g/mol. The van der Waals surface area contributed by atoms with E-state index in [1.807, 2.05) is 0 Å². The lowest BCUT2D eigenvalue weighted by molar-refractivity contribution is 0.0502. The third-order valence-corrected chi connectivity index (χ3v) is 6.05. The molecule has 0 bridgehead atoms. The number of amides is 1. The van der Waals surface area contributed by atoms with E-state index in [9.17, 15) is 4.79 Å². The predicted octanol–water partition coefficient (Wildman–Crippen LogP) is 2.27. The number of benzene rings is 1. The molecule has 0 aromatic heterocycles. The minimum atomic E-state index is 0.116. The average Bonchev–Trinajstić information content (AvgIpc) is 3.25. The van der Waals surface area contributed by atoms with Gasteiger partial charge in [0.25, 0.3) is 5.91 Å². The van der Waals surface area contributed by atoms with Gasteiger partial charge in [-0.15, -0.1) is 0 Å². The van der Waals surface area contributed by atoms with Gasteiger partial charge in [-0.1, -0.05) is 0 Å². The third-order valence-electron chi connectivity index (χ3n) is 6.05. The summed E-state index contributed by atoms with van der Waals surface area (Å²) in [7, 11) is 0. The van der Waals surface area contributed by atoms with Gasteiger partial charge in [0.1, 0.15) is 0 Å². The Bertz CT molecular complexity index is 661. The van der Waals surface area contributed by atoms with E-state index >= 15 is 0 Å². The standard InChI is InChI=1S/C20H25N3O2/c21-13-15-1-3-17(4-2-15)20(24)23-10-6-18-19(23)5-9-22(18)14-16-7-11-25-12-8-16/h1-4,16,18-19H,5-12,14H2/t18-,19+/m1/s1. The van der Waals surface area contributed by atoms with Crippen LogP contribution in [0.5, 0.6) is 0 Å². The molecule has 3 fully saturated rings. The van der Waals surface area contributed by atoms with Crippen LogP contribution in [0.4, 0.5) is 0 Å². The van der Waals surface area contributed by atoms with Crippen molar-refractivity contribution >= 4 is 5.91 Å². The van der Waals surface area contributed by atoms with E-state index in [-0.39, 0.29) is 5.91 Å². The maximum Gasteiger partial charge on any atom is 0.254 e. The number of carbonyl (C=O) groups excluding carboxylic acids is 1. The van der Waals surface area contributed by atoms with Crippen LogP contribution in [-0.4, -0.2) is 60.6 Å². The van der Waals surface area contributed by atoms with Gasteiger partial charge in [-0.25, -0.2) is 0 Å². The van der Waals surface area contributed by atoms with Gasteiger partial charge in [-0.3, -0.25) is 9.69 Å². The smallest absolute Gasteiger partial charge is 0.254 e. The second-order valence-corrected chi connectivity index (χ2v) is 7.45. The molecule has 4 rings (SSSR count). The molecule has 0 N–H and O–H groups in total. The fourth-order valence-electron chi connectivity index (χ4n) is 4.67. The third kappa shape index (κ3) is 3.29. The van der Waals surface area contributed by atoms with Crippen molar-refractivity contribution in [3.63, 3.8) is 0 Å². The van der Waals surface area contributed by atoms with Crippen molar-refractivity contribution in [2.24, 2.45) is 5.92 Å². The number of carbonyl (C=O) groups is 1. The van der Waals surface area contributed by atoms with Crippen molar-refractivity contribution in [1.29, 1.82) is 5.26 Å². The summed E-state index contributed by atoms with van der Waals surface area (Å²) in [6, 6.07) is 9.99. The molecule has 25 heavy (non-hydrogen) atoms. The SMILES string of the molecule is N#Cc1ccc(C(=O)N2CC[C@@H]3[C@@H]2CCN3CC2CCOCC2)cc1. The second kappa shape index (κ2) is 7.15. The molecule has 5 heteroatoms. The van der Waals surface area contributed by atoms with Crippen LogP contribution in [0.15, 0.2) is 24.3 Å². The average molecular weight is 339 g/mol. The molecule has 0 radical (unpaired) electrons. The molecule has 132 valence electrons. The molecule has 5 nitrogen and oxygen atoms in total. The number of hydrogen-bond acceptors (Lipinski definition) is 4. The Morgan fingerprint density at radius 1 is 1.08 bits per heavy atom. The topological polar surface area (TPSA) is 56.6 Å². The first-order valence-corrected chi connectivity index (χ1v) is 9.39. The minimum Gasteiger partial charge on any atom is -0.381 e. The van der Waals surface area contributed by atoms with Gasteiger partial charge in [0.05, 0.1) is 11.6 Å². The van der Waals surface area contributed by atoms with Gasteiger partial charge in [0, 0.05) is 50.5 Å². The van der Waals surface area contributed by atoms with Gasteiger partial charge < -0.3 is 9.64 Å². The van der Waals surface area contributed by atoms with Crippen LogP contribution in [0.1, 0.15) is 41.6 Å². The van der Waals surface area contributed by atoms with Gasteiger partial charge in [0.15, 0.2) is 0 Å². The van der Waals surface area contributed by atoms with E-state index in [1.165, 1.54) is 12.8 Å². The van der Waals surface area contributed by atoms with Gasteiger partial charge >= 0.3 is 0 Å². The lowest BCUT2D eigenvalue weighted by Crippen LogP contribution is -2.41. The first kappa shape index (κ1) is 16.6. The van der Waals surface area contributed by atoms with E-state index in [0.29, 0.717) is 23.2 Å². The first-order chi connectivity index (χ1) is 12.3. The molecule has 3 aliphatic rings. The number of nitrogens with zero attached hydrogens (tertiary/aromatic N) is 3. The summed E-state index contributed by atoms with van der Waals surface area (Å²) in [5, 5.41) is 8.91. The molecule has 1 aromatic rings. The molecular formula is C20H25N3O2. The van der Waals surface area contributed by atoms with Gasteiger partial charge in [-0.2, -0.15) is 5.26 Å². The lowest BCUT2D eigenvalue weighted by Gasteiger charge is -2.30. The minimum absolute atomic E-state index is 0.116. The van der Waals surface area contributed by atoms with Crippen molar-refractivity contribution in [1.82, 2.24) is 9.80 Å². The molecule has 0 saturated carbocycles. The summed E-state index contributed by atoms with van der Waals surface area (Å²) in [4.78, 5) is 17.6. The number of fused-ring (bicyclic) bond motifs is 1. The number of hydrogen-bond donors (Lipinski definition) is 0. The Balaban J connectivity index is 1.40. The zero-order valence-corrected chi connectivity index (χ0v) is 14.6. The number of likely N-dealkylation sites (tertiary alicyclic amines) is 2. The monoisotopic (exact) mass is 339 g/mol. The van der Waals surface area contributed by atoms with Crippen LogP contribution in [0.25, 0.3) is 0 Å². The fraction of sp³-hybridized carbons (Fsp3) is 0.600. The Hall–Kier alpha value is -1.90. The summed E-state index contributed by atoms with van der Waals surface area (Å²) < 4.78 is 5.47. The molecule has 0 spiro atoms. The Kier molecular flexibility index (Phi) is 4.74. The van der Waals surface area contributed by atoms with Crippen LogP contribution >= 0.6 is 0 Å². The molecule has 2 atom stereocenters. The van der Waals surface area contributed by atoms with Crippen molar-refractivity contribution < 1.29 is 9.53 Å². The van der Waals surface area contributed by atoms with E-state index in [1.54, 1.807) is 24.3 Å². The molecule has 3 heterocycles. The zero-order valence-electron chi connectivity index (χ0n) is 14.6. The molecule has 3 aliphatic heterocycles. The van der Waals surface area contributed by atoms with E-state index < -0.39 is 0 Å². The summed E-state index contributed by atoms with van der Waals surface area (Å²) in [6.45, 7) is 4.90. The maximum absolute atomic E-state index is 12.9. The number of ether oxygens (including phenoxy) is 1. The molecule has 1 amide bonds. The van der Waals surface area contributed by atoms with Crippen LogP contribution in [0.2, 0.25) is 0 Å². The predicted molar refractivity (Wildman–Crippen MR) is 94.1 cm³/mol. The summed E-state index contributed by atoms with van der Waals surface area (Å²) in [5.41, 5.74) is 1.29. The maximum atomic E-state index is 12.9. The first-order valence-electron chi connectivity index (χ1n) is 9.39. The van der Waals surface area contributed by atoms with Crippen molar-refractivity contribution in [2.45, 2.75) is 37.8 Å². The van der Waals surface area contributed by atoms with Crippen LogP contribution in [0, 0.1) is 17.2 Å². The van der Waals surface area contributed by atoms with Crippen LogP contribution < -0.4 is 0 Å². The van der Waals surface area contributed by atoms with Gasteiger partial charge in [-0.05, 0) is 55.9 Å². The zero-order chi connectivity index (χ0) is 17.2. The van der Waals surface area contributed by atoms with Crippen LogP contribution in [0.3, 0.4) is 0 Å². The quantitative estimate of drug-likeness (QED) is 0.848. The molecule has 3 saturated heterocycles. The largest absolute Gasteiger partial charge is 0.381 e. The fourth-order valence-corrected chi connectivity index (χ4v) is 4.67. The number of rotatable bonds is 3. The summed E-state index contributed by atoms with van der Waals surface area (Å²) >= 11 is 0. The molecule has 0 unspecified atom stereocenters. The Morgan fingerprint density at radius 2 is 1.80 bits per heavy atom. The lowest BCUT2D eigenvalue weighted by atomic mass is 9.99. The highest BCUT2D eigenvalue weighted by Gasteiger charge is 2.44. The Morgan fingerprint density at radius 3 is 2.52 bits per heavy atom. The van der Waals surface area contributed by atoms with E-state index in [4.69, 9.17) is 10.00 Å². The van der Waals surface area contributed by atoms with Crippen molar-refractivity contribution in [3.05, 3.63) is 35.4 Å². The van der Waals surface area contributed by atoms with E-state index in [0.717, 1.165) is 51.6 Å². The summed E-state index contributed by atoms with van der Waals surface area (Å²) in [6.07, 6.45) is 4.50. The molecule has 0 aliphatic carbocycles. The number of nitriles is 1. The highest BCUT2D eigenvalue weighted by atomic mass is 16.5. The van der Waals surface area contributed by atoms with Crippen LogP contribution in [-0.2, 0) is 4.74 Å². The highest BCUT2D eigenvalue weighted by molar-refractivity contribution is 5.94. The Labute approximate surface area is 149 Å². The summed E-state index contributed by atoms with van der Waals surface area (Å²) in [5.74, 6) is 0.862. The molecule has 1 aromatic carbocycles. The van der Waals surface area contributed by atoms with Gasteiger partial charge in [0.2, 0.25) is 0 Å². The van der Waals surface area contributed by atoms with E-state index in [2.05, 4.69) is 15.9 Å². The van der Waals surface area contributed by atoms with Crippen molar-refractivity contribution in [2.75, 3.05) is 32.8 Å². The highest BCUT2D eigenvalue weighted by Crippen LogP contribution is 2.34. The second-order valence-electron chi connectivity index (χ2n) is 7.45. The van der Waals surface area contributed by atoms with Crippen molar-refractivity contribution in [3.8, 4) is 6.07 Å². The normalized spacial score (nSPS) is 27.2.